The van der Waals surface area contributed by atoms with Gasteiger partial charge >= 0.3 is 0 Å². The third-order valence-electron chi connectivity index (χ3n) is 5.46. The van der Waals surface area contributed by atoms with Gasteiger partial charge in [0.05, 0.1) is 27.1 Å². The molecule has 2 N–H and O–H groups in total. The van der Waals surface area contributed by atoms with Crippen molar-refractivity contribution in [2.75, 3.05) is 11.3 Å². The van der Waals surface area contributed by atoms with Crippen LogP contribution in [0.2, 0.25) is 10.0 Å². The third kappa shape index (κ3) is 3.71. The molecule has 0 fully saturated rings. The van der Waals surface area contributed by atoms with Gasteiger partial charge in [-0.1, -0.05) is 41.4 Å². The molecule has 0 bridgehead atoms. The van der Waals surface area contributed by atoms with Crippen LogP contribution in [0.1, 0.15) is 22.5 Å². The summed E-state index contributed by atoms with van der Waals surface area (Å²) in [5.74, 6) is 0. The van der Waals surface area contributed by atoms with Gasteiger partial charge in [0.15, 0.2) is 0 Å². The highest BCUT2D eigenvalue weighted by Crippen LogP contribution is 2.38. The molecular formula is C21H22Cl2N4O2S. The Hall–Kier alpha value is -2.06. The summed E-state index contributed by atoms with van der Waals surface area (Å²) < 4.78 is 30.4. The minimum atomic E-state index is -4.00. The Morgan fingerprint density at radius 3 is 2.50 bits per heavy atom. The standard InChI is InChI=1S/C21H22Cl2N4O2S/c1-12-20(13(2)27(3)25-12)26-30(28,29)21-18(22)9-15(10-19(21)23)16-6-4-5-14-11-24-8-7-17(14)16/h4-6,9-10,24,26H,7-8,11H2,1-3H3. The Balaban J connectivity index is 1.77. The molecule has 1 aromatic heterocycles. The first-order valence-corrected chi connectivity index (χ1v) is 11.8. The summed E-state index contributed by atoms with van der Waals surface area (Å²) in [5.41, 5.74) is 5.99. The van der Waals surface area contributed by atoms with Crippen LogP contribution in [0.15, 0.2) is 35.2 Å². The average molecular weight is 465 g/mol. The summed E-state index contributed by atoms with van der Waals surface area (Å²) in [7, 11) is -2.24. The minimum Gasteiger partial charge on any atom is -0.312 e. The molecule has 0 atom stereocenters. The Labute approximate surface area is 186 Å². The van der Waals surface area contributed by atoms with Crippen LogP contribution in [-0.2, 0) is 30.0 Å². The number of nitrogens with one attached hydrogen (secondary N) is 2. The molecule has 3 aromatic rings. The highest BCUT2D eigenvalue weighted by atomic mass is 35.5. The molecule has 2 heterocycles. The number of benzene rings is 2. The maximum Gasteiger partial charge on any atom is 0.264 e. The van der Waals surface area contributed by atoms with Crippen molar-refractivity contribution >= 4 is 38.9 Å². The number of fused-ring (bicyclic) bond motifs is 1. The van der Waals surface area contributed by atoms with Gasteiger partial charge in [-0.15, -0.1) is 0 Å². The fourth-order valence-corrected chi connectivity index (χ4v) is 6.28. The van der Waals surface area contributed by atoms with Gasteiger partial charge in [0.2, 0.25) is 0 Å². The summed E-state index contributed by atoms with van der Waals surface area (Å²) in [5, 5.41) is 7.76. The van der Waals surface area contributed by atoms with Crippen molar-refractivity contribution in [3.8, 4) is 11.1 Å². The van der Waals surface area contributed by atoms with Crippen molar-refractivity contribution in [3.05, 3.63) is 62.9 Å². The second-order valence-electron chi connectivity index (χ2n) is 7.41. The van der Waals surface area contributed by atoms with E-state index in [-0.39, 0.29) is 14.9 Å². The number of anilines is 1. The van der Waals surface area contributed by atoms with E-state index in [0.29, 0.717) is 17.1 Å². The molecule has 0 saturated carbocycles. The van der Waals surface area contributed by atoms with E-state index in [1.165, 1.54) is 11.1 Å². The number of aryl methyl sites for hydroxylation is 2. The van der Waals surface area contributed by atoms with Crippen molar-refractivity contribution in [2.45, 2.75) is 31.7 Å². The van der Waals surface area contributed by atoms with Crippen LogP contribution < -0.4 is 10.0 Å². The number of hydrogen-bond donors (Lipinski definition) is 2. The molecule has 9 heteroatoms. The van der Waals surface area contributed by atoms with Crippen LogP contribution in [0, 0.1) is 13.8 Å². The highest BCUT2D eigenvalue weighted by molar-refractivity contribution is 7.93. The van der Waals surface area contributed by atoms with Crippen LogP contribution in [-0.4, -0.2) is 24.7 Å². The van der Waals surface area contributed by atoms with Gasteiger partial charge in [-0.05, 0) is 61.2 Å². The van der Waals surface area contributed by atoms with Crippen molar-refractivity contribution in [2.24, 2.45) is 7.05 Å². The zero-order chi connectivity index (χ0) is 21.6. The lowest BCUT2D eigenvalue weighted by molar-refractivity contribution is 0.601. The summed E-state index contributed by atoms with van der Waals surface area (Å²) in [6, 6.07) is 9.44. The zero-order valence-corrected chi connectivity index (χ0v) is 19.2. The quantitative estimate of drug-likeness (QED) is 0.597. The fraction of sp³-hybridized carbons (Fsp3) is 0.286. The maximum absolute atomic E-state index is 13.1. The average Bonchev–Trinajstić information content (AvgIpc) is 2.92. The molecule has 0 spiro atoms. The molecule has 2 aromatic carbocycles. The van der Waals surface area contributed by atoms with Gasteiger partial charge in [0, 0.05) is 13.6 Å². The van der Waals surface area contributed by atoms with Crippen molar-refractivity contribution in [1.82, 2.24) is 15.1 Å². The van der Waals surface area contributed by atoms with E-state index in [2.05, 4.69) is 21.2 Å². The van der Waals surface area contributed by atoms with E-state index in [1.807, 2.05) is 12.1 Å². The first-order chi connectivity index (χ1) is 14.2. The number of hydrogen-bond acceptors (Lipinski definition) is 4. The molecule has 1 aliphatic heterocycles. The van der Waals surface area contributed by atoms with Crippen LogP contribution in [0.4, 0.5) is 5.69 Å². The number of sulfonamides is 1. The first kappa shape index (κ1) is 21.2. The van der Waals surface area contributed by atoms with Gasteiger partial charge in [0.25, 0.3) is 10.0 Å². The summed E-state index contributed by atoms with van der Waals surface area (Å²) in [6.45, 7) is 5.23. The van der Waals surface area contributed by atoms with E-state index >= 15 is 0 Å². The second kappa shape index (κ2) is 7.89. The van der Waals surface area contributed by atoms with Gasteiger partial charge in [0.1, 0.15) is 4.90 Å². The minimum absolute atomic E-state index is 0.0794. The molecule has 6 nitrogen and oxygen atoms in total. The van der Waals surface area contributed by atoms with Crippen molar-refractivity contribution in [1.29, 1.82) is 0 Å². The maximum atomic E-state index is 13.1. The molecule has 4 rings (SSSR count). The Morgan fingerprint density at radius 2 is 1.87 bits per heavy atom. The molecule has 0 saturated heterocycles. The Morgan fingerprint density at radius 1 is 1.17 bits per heavy atom. The molecule has 0 unspecified atom stereocenters. The Bertz CT molecular complexity index is 1230. The summed E-state index contributed by atoms with van der Waals surface area (Å²) in [6.07, 6.45) is 0.891. The van der Waals surface area contributed by atoms with Crippen LogP contribution in [0.25, 0.3) is 11.1 Å². The second-order valence-corrected chi connectivity index (χ2v) is 9.85. The van der Waals surface area contributed by atoms with Gasteiger partial charge in [-0.3, -0.25) is 9.40 Å². The number of rotatable bonds is 4. The predicted molar refractivity (Wildman–Crippen MR) is 121 cm³/mol. The summed E-state index contributed by atoms with van der Waals surface area (Å²) in [4.78, 5) is -0.135. The largest absolute Gasteiger partial charge is 0.312 e. The fourth-order valence-electron chi connectivity index (χ4n) is 3.88. The smallest absolute Gasteiger partial charge is 0.264 e. The van der Waals surface area contributed by atoms with Gasteiger partial charge in [-0.25, -0.2) is 8.42 Å². The molecule has 0 amide bonds. The number of nitrogens with zero attached hydrogens (tertiary/aromatic N) is 2. The lowest BCUT2D eigenvalue weighted by atomic mass is 9.91. The lowest BCUT2D eigenvalue weighted by Crippen LogP contribution is -2.24. The van der Waals surface area contributed by atoms with Crippen LogP contribution in [0.3, 0.4) is 0 Å². The topological polar surface area (TPSA) is 76.0 Å². The van der Waals surface area contributed by atoms with Crippen molar-refractivity contribution in [3.63, 3.8) is 0 Å². The molecule has 1 aliphatic rings. The first-order valence-electron chi connectivity index (χ1n) is 9.53. The van der Waals surface area contributed by atoms with Gasteiger partial charge in [-0.2, -0.15) is 5.10 Å². The SMILES string of the molecule is Cc1nn(C)c(C)c1NS(=O)(=O)c1c(Cl)cc(-c2cccc3c2CCNC3)cc1Cl. The van der Waals surface area contributed by atoms with E-state index in [1.54, 1.807) is 37.7 Å². The summed E-state index contributed by atoms with van der Waals surface area (Å²) >= 11 is 12.9. The molecule has 30 heavy (non-hydrogen) atoms. The molecular weight excluding hydrogens is 443 g/mol. The lowest BCUT2D eigenvalue weighted by Gasteiger charge is -2.21. The molecule has 0 radical (unpaired) electrons. The molecule has 0 aliphatic carbocycles. The zero-order valence-electron chi connectivity index (χ0n) is 16.9. The highest BCUT2D eigenvalue weighted by Gasteiger charge is 2.26. The monoisotopic (exact) mass is 464 g/mol. The van der Waals surface area contributed by atoms with E-state index < -0.39 is 10.0 Å². The Kier molecular flexibility index (Phi) is 5.57. The normalized spacial score (nSPS) is 13.9. The number of aromatic nitrogens is 2. The van der Waals surface area contributed by atoms with Crippen molar-refractivity contribution < 1.29 is 8.42 Å². The third-order valence-corrected chi connectivity index (χ3v) is 7.73. The van der Waals surface area contributed by atoms with Crippen LogP contribution in [0.5, 0.6) is 0 Å². The van der Waals surface area contributed by atoms with E-state index in [9.17, 15) is 8.42 Å². The van der Waals surface area contributed by atoms with Crippen LogP contribution >= 0.6 is 23.2 Å². The predicted octanol–water partition coefficient (Wildman–Crippen LogP) is 4.46. The number of halogens is 2. The van der Waals surface area contributed by atoms with E-state index in [0.717, 1.165) is 30.6 Å². The van der Waals surface area contributed by atoms with E-state index in [4.69, 9.17) is 23.2 Å². The molecule has 158 valence electrons. The van der Waals surface area contributed by atoms with Gasteiger partial charge < -0.3 is 5.32 Å².